The lowest BCUT2D eigenvalue weighted by Crippen LogP contribution is -2.41. The van der Waals surface area contributed by atoms with Gasteiger partial charge in [-0.25, -0.2) is 0 Å². The number of carbonyl (C=O) groups is 3. The first-order valence-corrected chi connectivity index (χ1v) is 12.3. The molecular formula is C26H23N3O7S. The predicted octanol–water partition coefficient (Wildman–Crippen LogP) is 3.51. The number of thiophene rings is 1. The van der Waals surface area contributed by atoms with Crippen molar-refractivity contribution >= 4 is 28.7 Å². The standard InChI is InChI=1S/C26H23N3O7S/c1-11-21(32)19(13(3)30)23-20(22(11)33)26(4)16(35-23)10-14(31)18(24(26)34)12(2)27-8-7-17-28-25(29-36-17)15-6-5-9-37-15/h5-6,9-10,27,32-33H,7-8H2,1-4H3/t26-/m0/s1. The van der Waals surface area contributed by atoms with Crippen molar-refractivity contribution in [2.75, 3.05) is 6.54 Å². The molecule has 2 aliphatic rings. The van der Waals surface area contributed by atoms with Crippen LogP contribution in [0.3, 0.4) is 0 Å². The van der Waals surface area contributed by atoms with Gasteiger partial charge in [-0.3, -0.25) is 14.4 Å². The number of aromatic nitrogens is 2. The number of nitrogens with zero attached hydrogens (tertiary/aromatic N) is 2. The van der Waals surface area contributed by atoms with Crippen LogP contribution in [0.15, 0.2) is 45.1 Å². The van der Waals surface area contributed by atoms with Crippen LogP contribution in [0, 0.1) is 6.92 Å². The molecule has 1 aliphatic heterocycles. The molecule has 0 fully saturated rings. The largest absolute Gasteiger partial charge is 0.507 e. The van der Waals surface area contributed by atoms with Crippen molar-refractivity contribution < 1.29 is 33.9 Å². The van der Waals surface area contributed by atoms with E-state index in [1.807, 2.05) is 17.5 Å². The average Bonchev–Trinajstić information content (AvgIpc) is 3.58. The number of hydrogen-bond donors (Lipinski definition) is 3. The molecular weight excluding hydrogens is 498 g/mol. The lowest BCUT2D eigenvalue weighted by atomic mass is 9.70. The van der Waals surface area contributed by atoms with Crippen molar-refractivity contribution in [3.05, 3.63) is 63.2 Å². The molecule has 37 heavy (non-hydrogen) atoms. The van der Waals surface area contributed by atoms with Crippen LogP contribution in [0.5, 0.6) is 17.2 Å². The van der Waals surface area contributed by atoms with Gasteiger partial charge in [-0.1, -0.05) is 11.2 Å². The summed E-state index contributed by atoms with van der Waals surface area (Å²) in [5, 5.41) is 30.3. The van der Waals surface area contributed by atoms with E-state index in [4.69, 9.17) is 9.26 Å². The van der Waals surface area contributed by atoms with Crippen LogP contribution in [-0.2, 0) is 21.4 Å². The molecule has 0 saturated heterocycles. The molecule has 0 bridgehead atoms. The van der Waals surface area contributed by atoms with E-state index in [0.717, 1.165) is 4.88 Å². The van der Waals surface area contributed by atoms with Crippen LogP contribution in [0.4, 0.5) is 0 Å². The summed E-state index contributed by atoms with van der Waals surface area (Å²) in [5.74, 6) is -1.69. The number of rotatable bonds is 6. The molecule has 11 heteroatoms. The molecule has 1 atom stereocenters. The van der Waals surface area contributed by atoms with E-state index < -0.39 is 28.5 Å². The number of carbonyl (C=O) groups excluding carboxylic acids is 3. The van der Waals surface area contributed by atoms with Crippen molar-refractivity contribution in [2.45, 2.75) is 39.5 Å². The van der Waals surface area contributed by atoms with Gasteiger partial charge >= 0.3 is 0 Å². The Morgan fingerprint density at radius 1 is 1.22 bits per heavy atom. The van der Waals surface area contributed by atoms with Crippen LogP contribution < -0.4 is 10.1 Å². The summed E-state index contributed by atoms with van der Waals surface area (Å²) >= 11 is 1.50. The van der Waals surface area contributed by atoms with Gasteiger partial charge in [0.25, 0.3) is 0 Å². The molecule has 0 spiro atoms. The van der Waals surface area contributed by atoms with Gasteiger partial charge in [-0.2, -0.15) is 4.98 Å². The monoisotopic (exact) mass is 521 g/mol. The first-order chi connectivity index (χ1) is 17.6. The van der Waals surface area contributed by atoms with Gasteiger partial charge in [0.1, 0.15) is 34.0 Å². The van der Waals surface area contributed by atoms with Crippen molar-refractivity contribution in [1.82, 2.24) is 15.5 Å². The Labute approximate surface area is 215 Å². The normalized spacial score (nSPS) is 19.7. The number of Topliss-reactive ketones (excluding diaryl/α,β-unsaturated/α-hetero) is 2. The zero-order chi connectivity index (χ0) is 26.6. The van der Waals surface area contributed by atoms with E-state index in [1.165, 1.54) is 38.2 Å². The van der Waals surface area contributed by atoms with Crippen LogP contribution in [0.2, 0.25) is 0 Å². The fourth-order valence-corrected chi connectivity index (χ4v) is 5.32. The number of nitrogens with one attached hydrogen (secondary N) is 1. The van der Waals surface area contributed by atoms with E-state index in [2.05, 4.69) is 15.5 Å². The van der Waals surface area contributed by atoms with Crippen molar-refractivity contribution in [3.63, 3.8) is 0 Å². The molecule has 3 N–H and O–H groups in total. The molecule has 0 amide bonds. The second-order valence-corrected chi connectivity index (χ2v) is 10.0. The summed E-state index contributed by atoms with van der Waals surface area (Å²) in [7, 11) is 0. The quantitative estimate of drug-likeness (QED) is 0.250. The molecule has 0 saturated carbocycles. The maximum absolute atomic E-state index is 13.8. The molecule has 3 heterocycles. The predicted molar refractivity (Wildman–Crippen MR) is 133 cm³/mol. The maximum atomic E-state index is 13.8. The number of allylic oxidation sites excluding steroid dienone is 4. The third kappa shape index (κ3) is 3.65. The lowest BCUT2D eigenvalue weighted by molar-refractivity contribution is -0.123. The summed E-state index contributed by atoms with van der Waals surface area (Å²) in [6.45, 7) is 6.13. The summed E-state index contributed by atoms with van der Waals surface area (Å²) in [4.78, 5) is 44.3. The topological polar surface area (TPSA) is 152 Å². The number of benzene rings is 1. The molecule has 3 aromatic rings. The van der Waals surface area contributed by atoms with Gasteiger partial charge in [0, 0.05) is 30.3 Å². The fraction of sp³-hybridized carbons (Fsp3) is 0.269. The SMILES string of the molecule is CC(=O)c1c(O)c(C)c(O)c2c1OC1=CC(=O)C(=C(C)NCCc3nc(-c4cccs4)no3)C(=O)[C@@]12C. The molecule has 10 nitrogen and oxygen atoms in total. The minimum atomic E-state index is -1.56. The third-order valence-electron chi connectivity index (χ3n) is 6.70. The Morgan fingerprint density at radius 2 is 1.97 bits per heavy atom. The Morgan fingerprint density at radius 3 is 2.65 bits per heavy atom. The Kier molecular flexibility index (Phi) is 5.75. The van der Waals surface area contributed by atoms with Gasteiger partial charge in [0.2, 0.25) is 11.7 Å². The van der Waals surface area contributed by atoms with Crippen molar-refractivity contribution in [3.8, 4) is 28.0 Å². The van der Waals surface area contributed by atoms with Gasteiger partial charge < -0.3 is 24.8 Å². The van der Waals surface area contributed by atoms with Gasteiger partial charge in [0.15, 0.2) is 17.3 Å². The van der Waals surface area contributed by atoms with Crippen molar-refractivity contribution in [1.29, 1.82) is 0 Å². The fourth-order valence-electron chi connectivity index (χ4n) is 4.67. The molecule has 1 aliphatic carbocycles. The number of phenolic OH excluding ortho intramolecular Hbond substituents is 2. The zero-order valence-electron chi connectivity index (χ0n) is 20.5. The third-order valence-corrected chi connectivity index (χ3v) is 7.56. The van der Waals surface area contributed by atoms with Crippen molar-refractivity contribution in [2.24, 2.45) is 0 Å². The molecule has 5 rings (SSSR count). The second kappa shape index (κ2) is 8.70. The highest BCUT2D eigenvalue weighted by atomic mass is 32.1. The number of aromatic hydroxyl groups is 2. The van der Waals surface area contributed by atoms with Crippen LogP contribution >= 0.6 is 11.3 Å². The van der Waals surface area contributed by atoms with E-state index in [-0.39, 0.29) is 39.5 Å². The summed E-state index contributed by atoms with van der Waals surface area (Å²) in [6.07, 6.45) is 1.54. The van der Waals surface area contributed by atoms with Gasteiger partial charge in [0.05, 0.1) is 16.0 Å². The van der Waals surface area contributed by atoms with Crippen LogP contribution in [-0.4, -0.2) is 44.2 Å². The maximum Gasteiger partial charge on any atom is 0.228 e. The highest BCUT2D eigenvalue weighted by molar-refractivity contribution is 7.13. The van der Waals surface area contributed by atoms with E-state index in [0.29, 0.717) is 30.4 Å². The molecule has 190 valence electrons. The Bertz CT molecular complexity index is 1550. The first kappa shape index (κ1) is 24.4. The summed E-state index contributed by atoms with van der Waals surface area (Å²) < 4.78 is 11.1. The number of ether oxygens (including phenoxy) is 1. The van der Waals surface area contributed by atoms with E-state index in [1.54, 1.807) is 6.92 Å². The second-order valence-electron chi connectivity index (χ2n) is 9.05. The molecule has 2 aromatic heterocycles. The average molecular weight is 522 g/mol. The summed E-state index contributed by atoms with van der Waals surface area (Å²) in [6, 6.07) is 3.78. The zero-order valence-corrected chi connectivity index (χ0v) is 21.3. The number of ketones is 3. The van der Waals surface area contributed by atoms with Crippen LogP contribution in [0.1, 0.15) is 48.1 Å². The smallest absolute Gasteiger partial charge is 0.228 e. The molecule has 0 radical (unpaired) electrons. The van der Waals surface area contributed by atoms with Gasteiger partial charge in [-0.15, -0.1) is 11.3 Å². The summed E-state index contributed by atoms with van der Waals surface area (Å²) in [5.41, 5.74) is -1.38. The molecule has 0 unspecified atom stereocenters. The molecule has 1 aromatic carbocycles. The Balaban J connectivity index is 1.45. The Hall–Kier alpha value is -4.25. The number of phenols is 2. The minimum Gasteiger partial charge on any atom is -0.507 e. The van der Waals surface area contributed by atoms with Gasteiger partial charge in [-0.05, 0) is 39.1 Å². The highest BCUT2D eigenvalue weighted by Gasteiger charge is 2.56. The highest BCUT2D eigenvalue weighted by Crippen LogP contribution is 2.57. The number of hydrogen-bond acceptors (Lipinski definition) is 11. The van der Waals surface area contributed by atoms with E-state index >= 15 is 0 Å². The first-order valence-electron chi connectivity index (χ1n) is 11.5. The number of fused-ring (bicyclic) bond motifs is 3. The van der Waals surface area contributed by atoms with Crippen LogP contribution in [0.25, 0.3) is 10.7 Å². The minimum absolute atomic E-state index is 0.0104. The lowest BCUT2D eigenvalue weighted by Gasteiger charge is -2.29. The van der Waals surface area contributed by atoms with E-state index in [9.17, 15) is 24.6 Å².